The van der Waals surface area contributed by atoms with E-state index >= 15 is 0 Å². The lowest BCUT2D eigenvalue weighted by atomic mass is 10.1. The number of carbonyl (C=O) groups is 3. The van der Waals surface area contributed by atoms with Crippen molar-refractivity contribution >= 4 is 17.9 Å². The molecule has 0 saturated carbocycles. The summed E-state index contributed by atoms with van der Waals surface area (Å²) in [5.74, 6) is -1.86. The molecule has 0 aliphatic heterocycles. The summed E-state index contributed by atoms with van der Waals surface area (Å²) in [4.78, 5) is 36.6. The SMILES string of the molecule is CC/C=C/C=C/C=C/C=C/C=C/CCCC(=O)OCC(COCCC(C(=O)[O-])[N+](C)(C)C)OC(=O)CCCCCCC/C=C/CCCCC. The minimum Gasteiger partial charge on any atom is -0.544 e. The van der Waals surface area contributed by atoms with Crippen molar-refractivity contribution in [1.29, 1.82) is 0 Å². The molecule has 8 heteroatoms. The zero-order valence-corrected chi connectivity index (χ0v) is 31.3. The highest BCUT2D eigenvalue weighted by Gasteiger charge is 2.25. The second kappa shape index (κ2) is 32.0. The number of likely N-dealkylation sites (N-methyl/N-ethyl adjacent to an activating group) is 1. The number of hydrogen-bond acceptors (Lipinski definition) is 7. The standard InChI is InChI=1S/C41H67NO7/c1-6-8-10-12-14-16-18-20-22-23-25-27-29-31-39(43)48-36-37(35-47-34-33-38(41(45)46)42(3,4)5)49-40(44)32-30-28-26-24-21-19-17-15-13-11-9-7-2/h8,10,12,14-18,20,22-23,25,37-38H,6-7,9,11,13,19,21,24,26-36H2,1-5H3/b10-8+,14-12+,17-15+,18-16+,22-20+,25-23+. The van der Waals surface area contributed by atoms with Crippen LogP contribution in [0.2, 0.25) is 0 Å². The van der Waals surface area contributed by atoms with Crippen molar-refractivity contribution < 1.29 is 38.2 Å². The monoisotopic (exact) mass is 685 g/mol. The fraction of sp³-hybridized carbons (Fsp3) is 0.634. The smallest absolute Gasteiger partial charge is 0.306 e. The zero-order valence-electron chi connectivity index (χ0n) is 31.3. The highest BCUT2D eigenvalue weighted by molar-refractivity contribution is 5.70. The summed E-state index contributed by atoms with van der Waals surface area (Å²) in [6.45, 7) is 4.36. The molecule has 0 aliphatic carbocycles. The molecule has 2 unspecified atom stereocenters. The fourth-order valence-corrected chi connectivity index (χ4v) is 4.80. The van der Waals surface area contributed by atoms with Crippen LogP contribution in [-0.2, 0) is 28.6 Å². The Morgan fingerprint density at radius 2 is 1.18 bits per heavy atom. The number of ether oxygens (including phenoxy) is 3. The third-order valence-corrected chi connectivity index (χ3v) is 7.70. The van der Waals surface area contributed by atoms with Crippen molar-refractivity contribution in [3.63, 3.8) is 0 Å². The summed E-state index contributed by atoms with van der Waals surface area (Å²) >= 11 is 0. The van der Waals surface area contributed by atoms with E-state index < -0.39 is 18.1 Å². The first-order valence-electron chi connectivity index (χ1n) is 18.5. The number of esters is 2. The maximum Gasteiger partial charge on any atom is 0.306 e. The molecule has 0 N–H and O–H groups in total. The van der Waals surface area contributed by atoms with Crippen molar-refractivity contribution in [3.05, 3.63) is 72.9 Å². The van der Waals surface area contributed by atoms with E-state index in [1.54, 1.807) is 21.1 Å². The number of allylic oxidation sites excluding steroid dienone is 12. The molecule has 0 saturated heterocycles. The lowest BCUT2D eigenvalue weighted by molar-refractivity contribution is -0.889. The first kappa shape index (κ1) is 45.8. The van der Waals surface area contributed by atoms with Gasteiger partial charge >= 0.3 is 11.9 Å². The quantitative estimate of drug-likeness (QED) is 0.0240. The van der Waals surface area contributed by atoms with Crippen LogP contribution in [0.3, 0.4) is 0 Å². The number of aliphatic carboxylic acids is 1. The molecule has 2 atom stereocenters. The van der Waals surface area contributed by atoms with Gasteiger partial charge in [0.1, 0.15) is 12.6 Å². The molecular formula is C41H67NO7. The maximum atomic E-state index is 12.6. The number of carbonyl (C=O) groups excluding carboxylic acids is 3. The number of unbranched alkanes of at least 4 members (excludes halogenated alkanes) is 9. The number of carboxylic acids is 1. The largest absolute Gasteiger partial charge is 0.544 e. The highest BCUT2D eigenvalue weighted by Crippen LogP contribution is 2.11. The summed E-state index contributed by atoms with van der Waals surface area (Å²) < 4.78 is 17.0. The predicted molar refractivity (Wildman–Crippen MR) is 199 cm³/mol. The predicted octanol–water partition coefficient (Wildman–Crippen LogP) is 7.90. The van der Waals surface area contributed by atoms with Gasteiger partial charge in [-0.1, -0.05) is 119 Å². The van der Waals surface area contributed by atoms with E-state index in [1.165, 1.54) is 25.7 Å². The molecule has 8 nitrogen and oxygen atoms in total. The van der Waals surface area contributed by atoms with Crippen molar-refractivity contribution in [2.75, 3.05) is 41.0 Å². The van der Waals surface area contributed by atoms with Crippen LogP contribution in [0.1, 0.15) is 117 Å². The Balaban J connectivity index is 4.60. The van der Waals surface area contributed by atoms with Gasteiger partial charge in [-0.05, 0) is 51.4 Å². The Hall–Kier alpha value is -3.23. The van der Waals surface area contributed by atoms with Gasteiger partial charge in [-0.15, -0.1) is 0 Å². The van der Waals surface area contributed by atoms with E-state index in [4.69, 9.17) is 14.2 Å². The lowest BCUT2D eigenvalue weighted by Crippen LogP contribution is -2.55. The summed E-state index contributed by atoms with van der Waals surface area (Å²) in [6.07, 6.45) is 37.9. The Morgan fingerprint density at radius 1 is 0.633 bits per heavy atom. The van der Waals surface area contributed by atoms with E-state index in [9.17, 15) is 19.5 Å². The molecule has 0 aromatic carbocycles. The average Bonchev–Trinajstić information content (AvgIpc) is 3.05. The molecule has 278 valence electrons. The van der Waals surface area contributed by atoms with Gasteiger partial charge in [0.25, 0.3) is 0 Å². The molecule has 0 bridgehead atoms. The number of rotatable bonds is 31. The van der Waals surface area contributed by atoms with Crippen molar-refractivity contribution in [3.8, 4) is 0 Å². The topological polar surface area (TPSA) is 102 Å². The van der Waals surface area contributed by atoms with Crippen LogP contribution in [0.25, 0.3) is 0 Å². The fourth-order valence-electron chi connectivity index (χ4n) is 4.80. The lowest BCUT2D eigenvalue weighted by Gasteiger charge is -2.34. The Kier molecular flexibility index (Phi) is 29.9. The van der Waals surface area contributed by atoms with Gasteiger partial charge in [0, 0.05) is 19.3 Å². The molecule has 0 rings (SSSR count). The minimum atomic E-state index is -1.14. The van der Waals surface area contributed by atoms with Gasteiger partial charge in [0.2, 0.25) is 0 Å². The number of nitrogens with zero attached hydrogens (tertiary/aromatic N) is 1. The summed E-state index contributed by atoms with van der Waals surface area (Å²) in [5, 5.41) is 11.6. The van der Waals surface area contributed by atoms with Gasteiger partial charge in [-0.3, -0.25) is 9.59 Å². The molecule has 0 radical (unpaired) electrons. The molecule has 0 aromatic rings. The van der Waals surface area contributed by atoms with Crippen LogP contribution < -0.4 is 5.11 Å². The zero-order chi connectivity index (χ0) is 36.4. The molecule has 0 aromatic heterocycles. The molecule has 0 fully saturated rings. The van der Waals surface area contributed by atoms with Gasteiger partial charge in [0.15, 0.2) is 6.10 Å². The summed E-state index contributed by atoms with van der Waals surface area (Å²) in [5.41, 5.74) is 0. The maximum absolute atomic E-state index is 12.6. The van der Waals surface area contributed by atoms with Crippen LogP contribution in [0.4, 0.5) is 0 Å². The van der Waals surface area contributed by atoms with Gasteiger partial charge < -0.3 is 28.6 Å². The van der Waals surface area contributed by atoms with E-state index in [0.29, 0.717) is 12.8 Å². The van der Waals surface area contributed by atoms with Crippen LogP contribution >= 0.6 is 0 Å². The summed E-state index contributed by atoms with van der Waals surface area (Å²) in [6, 6.07) is -0.739. The first-order valence-corrected chi connectivity index (χ1v) is 18.5. The van der Waals surface area contributed by atoms with Crippen molar-refractivity contribution in [1.82, 2.24) is 0 Å². The molecule has 0 amide bonds. The van der Waals surface area contributed by atoms with Crippen LogP contribution in [0, 0.1) is 0 Å². The van der Waals surface area contributed by atoms with E-state index in [1.807, 2.05) is 54.7 Å². The van der Waals surface area contributed by atoms with Crippen molar-refractivity contribution in [2.24, 2.45) is 0 Å². The third-order valence-electron chi connectivity index (χ3n) is 7.70. The third kappa shape index (κ3) is 30.6. The minimum absolute atomic E-state index is 0.0106. The molecule has 0 spiro atoms. The normalized spacial score (nSPS) is 13.9. The van der Waals surface area contributed by atoms with Crippen LogP contribution in [0.15, 0.2) is 72.9 Å². The van der Waals surface area contributed by atoms with Crippen LogP contribution in [-0.4, -0.2) is 75.5 Å². The number of hydrogen-bond donors (Lipinski definition) is 0. The molecular weight excluding hydrogens is 618 g/mol. The number of quaternary nitrogens is 1. The second-order valence-electron chi connectivity index (χ2n) is 13.2. The van der Waals surface area contributed by atoms with E-state index in [-0.39, 0.29) is 49.1 Å². The Bertz CT molecular complexity index is 1030. The first-order chi connectivity index (χ1) is 23.6. The molecule has 0 heterocycles. The van der Waals surface area contributed by atoms with E-state index in [2.05, 4.69) is 32.1 Å². The Morgan fingerprint density at radius 3 is 1.80 bits per heavy atom. The summed E-state index contributed by atoms with van der Waals surface area (Å²) in [7, 11) is 5.36. The van der Waals surface area contributed by atoms with Crippen molar-refractivity contribution in [2.45, 2.75) is 129 Å². The van der Waals surface area contributed by atoms with Gasteiger partial charge in [0.05, 0.1) is 40.3 Å². The average molecular weight is 686 g/mol. The van der Waals surface area contributed by atoms with Crippen LogP contribution in [0.5, 0.6) is 0 Å². The molecule has 49 heavy (non-hydrogen) atoms. The van der Waals surface area contributed by atoms with Gasteiger partial charge in [-0.25, -0.2) is 0 Å². The highest BCUT2D eigenvalue weighted by atomic mass is 16.6. The van der Waals surface area contributed by atoms with E-state index in [0.717, 1.165) is 51.4 Å². The second-order valence-corrected chi connectivity index (χ2v) is 13.2. The van der Waals surface area contributed by atoms with Gasteiger partial charge in [-0.2, -0.15) is 0 Å². The molecule has 0 aliphatic rings. The number of carboxylic acid groups (broad SMARTS) is 1. The Labute approximate surface area is 298 Å².